The maximum Gasteiger partial charge on any atom is 0.160 e. The number of nitrogens with zero attached hydrogens (tertiary/aromatic N) is 3. The van der Waals surface area contributed by atoms with Crippen LogP contribution in [0.4, 0.5) is 8.78 Å². The number of benzene rings is 1. The first-order valence-corrected chi connectivity index (χ1v) is 9.61. The average molecular weight is 426 g/mol. The van der Waals surface area contributed by atoms with Crippen LogP contribution in [0.25, 0.3) is 0 Å². The van der Waals surface area contributed by atoms with E-state index in [-0.39, 0.29) is 16.6 Å². The number of aliphatic imine (C=N–C) groups is 1. The van der Waals surface area contributed by atoms with Gasteiger partial charge in [0.15, 0.2) is 5.82 Å². The molecule has 1 unspecified atom stereocenters. The van der Waals surface area contributed by atoms with Gasteiger partial charge in [-0.25, -0.2) is 4.39 Å². The average Bonchev–Trinajstić information content (AvgIpc) is 3.29. The van der Waals surface area contributed by atoms with Gasteiger partial charge in [0.25, 0.3) is 0 Å². The number of fused-ring (bicyclic) bond motifs is 1. The molecule has 8 heteroatoms. The maximum atomic E-state index is 14.1. The number of halogens is 4. The Kier molecular flexibility index (Phi) is 4.91. The van der Waals surface area contributed by atoms with Crippen LogP contribution in [0, 0.1) is 5.82 Å². The molecule has 0 saturated carbocycles. The second-order valence-corrected chi connectivity index (χ2v) is 7.98. The van der Waals surface area contributed by atoms with Crippen LogP contribution in [0.2, 0.25) is 10.0 Å². The molecule has 1 atom stereocenters. The molecule has 27 heavy (non-hydrogen) atoms. The van der Waals surface area contributed by atoms with E-state index in [0.717, 1.165) is 22.7 Å². The Morgan fingerprint density at radius 1 is 1.19 bits per heavy atom. The molecule has 140 valence electrons. The van der Waals surface area contributed by atoms with Gasteiger partial charge in [-0.05, 0) is 34.9 Å². The third-order valence-electron chi connectivity index (χ3n) is 5.22. The highest BCUT2D eigenvalue weighted by Crippen LogP contribution is 2.39. The maximum absolute atomic E-state index is 14.1. The first kappa shape index (κ1) is 18.7. The smallest absolute Gasteiger partial charge is 0.160 e. The molecule has 2 aliphatic rings. The van der Waals surface area contributed by atoms with Gasteiger partial charge in [-0.3, -0.25) is 14.4 Å². The molecule has 3 heterocycles. The fraction of sp³-hybridized carbons (Fsp3) is 0.316. The summed E-state index contributed by atoms with van der Waals surface area (Å²) in [7, 11) is 0. The van der Waals surface area contributed by atoms with Crippen molar-refractivity contribution in [2.45, 2.75) is 24.9 Å². The molecule has 0 amide bonds. The highest BCUT2D eigenvalue weighted by Gasteiger charge is 2.41. The van der Waals surface area contributed by atoms with Crippen LogP contribution >= 0.6 is 35.4 Å². The Balaban J connectivity index is 1.58. The van der Waals surface area contributed by atoms with Gasteiger partial charge in [-0.2, -0.15) is 0 Å². The lowest BCUT2D eigenvalue weighted by molar-refractivity contribution is 0.324. The summed E-state index contributed by atoms with van der Waals surface area (Å²) in [6.07, 6.45) is 2.23. The van der Waals surface area contributed by atoms with Gasteiger partial charge < -0.3 is 4.90 Å². The van der Waals surface area contributed by atoms with Crippen molar-refractivity contribution < 1.29 is 8.78 Å². The lowest BCUT2D eigenvalue weighted by atomic mass is 9.80. The van der Waals surface area contributed by atoms with Crippen molar-refractivity contribution in [3.05, 3.63) is 62.6 Å². The van der Waals surface area contributed by atoms with Gasteiger partial charge >= 0.3 is 0 Å². The Bertz CT molecular complexity index is 943. The zero-order valence-electron chi connectivity index (χ0n) is 14.2. The minimum Gasteiger partial charge on any atom is -0.352 e. The van der Waals surface area contributed by atoms with E-state index in [1.165, 1.54) is 12.1 Å². The molecule has 0 spiro atoms. The predicted molar refractivity (Wildman–Crippen MR) is 107 cm³/mol. The number of hydrogen-bond donors (Lipinski definition) is 0. The SMILES string of the molecule is FCC1(c2cc(Cl)c(F)c(Cl)c2)CN=C(N2Cc3cnc(C=S)cc3C2)C1. The molecule has 0 N–H and O–H groups in total. The molecule has 0 fully saturated rings. The van der Waals surface area contributed by atoms with Crippen LogP contribution in [-0.2, 0) is 18.5 Å². The second-order valence-electron chi connectivity index (χ2n) is 6.93. The summed E-state index contributed by atoms with van der Waals surface area (Å²) in [6, 6.07) is 4.88. The monoisotopic (exact) mass is 425 g/mol. The van der Waals surface area contributed by atoms with Crippen molar-refractivity contribution in [3.8, 4) is 0 Å². The number of thiocarbonyl (C=S) groups is 1. The molecule has 4 rings (SSSR count). The summed E-state index contributed by atoms with van der Waals surface area (Å²) in [4.78, 5) is 11.0. The van der Waals surface area contributed by atoms with E-state index in [9.17, 15) is 8.78 Å². The van der Waals surface area contributed by atoms with E-state index in [0.29, 0.717) is 25.1 Å². The van der Waals surface area contributed by atoms with Crippen molar-refractivity contribution >= 4 is 46.6 Å². The standard InChI is InChI=1S/C19H15Cl2F2N3S/c20-15-2-13(3-16(21)18(15)23)19(9-22)4-17(25-10-19)26-6-11-1-14(8-27)24-5-12(11)7-26/h1-3,5,8H,4,6-7,9-10H2. The molecule has 2 aromatic rings. The quantitative estimate of drug-likeness (QED) is 0.517. The van der Waals surface area contributed by atoms with Crippen molar-refractivity contribution in [2.24, 2.45) is 4.99 Å². The van der Waals surface area contributed by atoms with E-state index in [2.05, 4.69) is 14.9 Å². The predicted octanol–water partition coefficient (Wildman–Crippen LogP) is 4.90. The summed E-state index contributed by atoms with van der Waals surface area (Å²) in [5, 5.41) is 1.34. The van der Waals surface area contributed by atoms with Crippen molar-refractivity contribution in [1.82, 2.24) is 9.88 Å². The highest BCUT2D eigenvalue weighted by atomic mass is 35.5. The number of alkyl halides is 1. The lowest BCUT2D eigenvalue weighted by Gasteiger charge is -2.27. The molecule has 3 nitrogen and oxygen atoms in total. The largest absolute Gasteiger partial charge is 0.352 e. The zero-order chi connectivity index (χ0) is 19.2. The Morgan fingerprint density at radius 3 is 2.56 bits per heavy atom. The summed E-state index contributed by atoms with van der Waals surface area (Å²) in [5.41, 5.74) is 2.72. The molecule has 0 aliphatic carbocycles. The van der Waals surface area contributed by atoms with Crippen molar-refractivity contribution in [3.63, 3.8) is 0 Å². The van der Waals surface area contributed by atoms with Crippen LogP contribution in [0.1, 0.15) is 28.8 Å². The molecule has 0 radical (unpaired) electrons. The molecular formula is C19H15Cl2F2N3S. The van der Waals surface area contributed by atoms with E-state index in [1.807, 2.05) is 12.3 Å². The first-order valence-electron chi connectivity index (χ1n) is 8.38. The topological polar surface area (TPSA) is 28.5 Å². The Morgan fingerprint density at radius 2 is 1.89 bits per heavy atom. The molecule has 1 aromatic heterocycles. The summed E-state index contributed by atoms with van der Waals surface area (Å²) in [5.74, 6) is 0.136. The van der Waals surface area contributed by atoms with E-state index in [4.69, 9.17) is 35.4 Å². The van der Waals surface area contributed by atoms with Gasteiger partial charge in [0.05, 0.1) is 27.7 Å². The zero-order valence-corrected chi connectivity index (χ0v) is 16.5. The van der Waals surface area contributed by atoms with Crippen molar-refractivity contribution in [1.29, 1.82) is 0 Å². The van der Waals surface area contributed by atoms with Gasteiger partial charge in [0, 0.05) is 31.1 Å². The van der Waals surface area contributed by atoms with E-state index in [1.54, 1.807) is 5.37 Å². The number of amidine groups is 1. The highest BCUT2D eigenvalue weighted by molar-refractivity contribution is 7.79. The van der Waals surface area contributed by atoms with Crippen LogP contribution in [0.3, 0.4) is 0 Å². The van der Waals surface area contributed by atoms with Crippen LogP contribution in [0.15, 0.2) is 29.4 Å². The minimum absolute atomic E-state index is 0.105. The summed E-state index contributed by atoms with van der Waals surface area (Å²) >= 11 is 16.8. The number of hydrogen-bond acceptors (Lipinski definition) is 4. The van der Waals surface area contributed by atoms with Gasteiger partial charge in [0.1, 0.15) is 12.5 Å². The second kappa shape index (κ2) is 7.08. The van der Waals surface area contributed by atoms with Crippen LogP contribution < -0.4 is 0 Å². The fourth-order valence-corrected chi connectivity index (χ4v) is 4.25. The lowest BCUT2D eigenvalue weighted by Crippen LogP contribution is -2.33. The molecule has 0 bridgehead atoms. The van der Waals surface area contributed by atoms with Crippen molar-refractivity contribution in [2.75, 3.05) is 13.2 Å². The molecule has 0 saturated heterocycles. The summed E-state index contributed by atoms with van der Waals surface area (Å²) in [6.45, 7) is 0.995. The Hall–Kier alpha value is -1.63. The fourth-order valence-electron chi connectivity index (χ4n) is 3.64. The molecular weight excluding hydrogens is 411 g/mol. The van der Waals surface area contributed by atoms with Crippen LogP contribution in [-0.4, -0.2) is 34.3 Å². The minimum atomic E-state index is -0.872. The Labute approximate surface area is 171 Å². The molecule has 1 aromatic carbocycles. The third-order valence-corrected chi connectivity index (χ3v) is 6.02. The van der Waals surface area contributed by atoms with Gasteiger partial charge in [-0.15, -0.1) is 0 Å². The van der Waals surface area contributed by atoms with Crippen LogP contribution in [0.5, 0.6) is 0 Å². The van der Waals surface area contributed by atoms with E-state index >= 15 is 0 Å². The summed E-state index contributed by atoms with van der Waals surface area (Å²) < 4.78 is 27.9. The molecule has 2 aliphatic heterocycles. The van der Waals surface area contributed by atoms with Gasteiger partial charge in [-0.1, -0.05) is 35.4 Å². The number of aromatic nitrogens is 1. The third kappa shape index (κ3) is 3.24. The normalized spacial score (nSPS) is 21.3. The first-order chi connectivity index (χ1) is 13.0. The number of rotatable bonds is 3. The van der Waals surface area contributed by atoms with Gasteiger partial charge in [0.2, 0.25) is 0 Å². The number of pyridine rings is 1. The van der Waals surface area contributed by atoms with E-state index < -0.39 is 17.9 Å².